The predicted molar refractivity (Wildman–Crippen MR) is 81.8 cm³/mol. The summed E-state index contributed by atoms with van der Waals surface area (Å²) < 4.78 is 14.9. The maximum Gasteiger partial charge on any atom is 0.342 e. The van der Waals surface area contributed by atoms with Crippen molar-refractivity contribution in [1.29, 1.82) is 0 Å². The third-order valence-corrected chi connectivity index (χ3v) is 3.26. The summed E-state index contributed by atoms with van der Waals surface area (Å²) in [6, 6.07) is 4.69. The molecule has 0 spiro atoms. The number of aromatic nitrogens is 2. The van der Waals surface area contributed by atoms with Crippen molar-refractivity contribution in [3.05, 3.63) is 62.7 Å². The molecule has 1 N–H and O–H groups in total. The molecule has 0 atom stereocenters. The Balaban J connectivity index is 2.68. The number of aromatic carboxylic acids is 1. The number of nitrogens with zero attached hydrogens (tertiary/aromatic N) is 3. The van der Waals surface area contributed by atoms with Gasteiger partial charge in [-0.3, -0.25) is 9.36 Å². The first-order chi connectivity index (χ1) is 10.8. The third-order valence-electron chi connectivity index (χ3n) is 3.26. The van der Waals surface area contributed by atoms with E-state index in [2.05, 4.69) is 0 Å². The van der Waals surface area contributed by atoms with E-state index < -0.39 is 28.6 Å². The molecule has 2 rings (SSSR count). The minimum absolute atomic E-state index is 0.114. The van der Waals surface area contributed by atoms with E-state index in [1.807, 2.05) is 4.90 Å². The van der Waals surface area contributed by atoms with Gasteiger partial charge in [-0.05, 0) is 38.4 Å². The lowest BCUT2D eigenvalue weighted by molar-refractivity contribution is 0.0693. The van der Waals surface area contributed by atoms with E-state index in [9.17, 15) is 23.9 Å². The lowest BCUT2D eigenvalue weighted by Crippen LogP contribution is -2.42. The van der Waals surface area contributed by atoms with Gasteiger partial charge in [0.1, 0.15) is 11.4 Å². The second-order valence-electron chi connectivity index (χ2n) is 5.24. The molecule has 1 aromatic carbocycles. The van der Waals surface area contributed by atoms with Gasteiger partial charge in [-0.25, -0.2) is 18.5 Å². The quantitative estimate of drug-likeness (QED) is 0.861. The van der Waals surface area contributed by atoms with Gasteiger partial charge >= 0.3 is 11.7 Å². The Morgan fingerprint density at radius 3 is 2.35 bits per heavy atom. The van der Waals surface area contributed by atoms with Crippen LogP contribution in [-0.4, -0.2) is 45.8 Å². The van der Waals surface area contributed by atoms with Crippen molar-refractivity contribution < 1.29 is 14.3 Å². The van der Waals surface area contributed by atoms with Crippen molar-refractivity contribution in [3.8, 4) is 5.69 Å². The van der Waals surface area contributed by atoms with Gasteiger partial charge in [0.05, 0.1) is 5.69 Å². The van der Waals surface area contributed by atoms with E-state index in [1.165, 1.54) is 12.1 Å². The number of rotatable bonds is 5. The molecule has 0 unspecified atom stereocenters. The minimum Gasteiger partial charge on any atom is -0.477 e. The molecule has 23 heavy (non-hydrogen) atoms. The van der Waals surface area contributed by atoms with Gasteiger partial charge < -0.3 is 10.0 Å². The highest BCUT2D eigenvalue weighted by Crippen LogP contribution is 2.05. The van der Waals surface area contributed by atoms with Crippen LogP contribution in [0.5, 0.6) is 0 Å². The minimum atomic E-state index is -1.43. The van der Waals surface area contributed by atoms with Crippen LogP contribution in [0, 0.1) is 5.82 Å². The number of carboxylic acid groups (broad SMARTS) is 1. The van der Waals surface area contributed by atoms with E-state index in [1.54, 1.807) is 14.1 Å². The Morgan fingerprint density at radius 2 is 1.83 bits per heavy atom. The number of likely N-dealkylation sites (N-methyl/N-ethyl adjacent to an activating group) is 1. The summed E-state index contributed by atoms with van der Waals surface area (Å²) in [5.74, 6) is -1.95. The fraction of sp³-hybridized carbons (Fsp3) is 0.267. The Bertz CT molecular complexity index is 837. The maximum atomic E-state index is 13.0. The molecule has 7 nitrogen and oxygen atoms in total. The van der Waals surface area contributed by atoms with E-state index in [0.717, 1.165) is 27.5 Å². The van der Waals surface area contributed by atoms with Crippen LogP contribution in [-0.2, 0) is 6.54 Å². The van der Waals surface area contributed by atoms with Crippen molar-refractivity contribution in [2.45, 2.75) is 6.54 Å². The molecule has 0 saturated heterocycles. The smallest absolute Gasteiger partial charge is 0.342 e. The monoisotopic (exact) mass is 321 g/mol. The van der Waals surface area contributed by atoms with Crippen molar-refractivity contribution in [2.24, 2.45) is 0 Å². The summed E-state index contributed by atoms with van der Waals surface area (Å²) >= 11 is 0. The van der Waals surface area contributed by atoms with Crippen LogP contribution in [0.4, 0.5) is 4.39 Å². The third kappa shape index (κ3) is 3.54. The molecule has 0 aliphatic carbocycles. The van der Waals surface area contributed by atoms with E-state index in [0.29, 0.717) is 6.54 Å². The summed E-state index contributed by atoms with van der Waals surface area (Å²) in [5.41, 5.74) is -2.03. The molecule has 0 radical (unpaired) electrons. The zero-order valence-corrected chi connectivity index (χ0v) is 12.7. The largest absolute Gasteiger partial charge is 0.477 e. The van der Waals surface area contributed by atoms with Crippen LogP contribution in [0.1, 0.15) is 10.4 Å². The molecule has 0 aliphatic heterocycles. The van der Waals surface area contributed by atoms with Gasteiger partial charge in [0, 0.05) is 19.3 Å². The Morgan fingerprint density at radius 1 is 1.22 bits per heavy atom. The van der Waals surface area contributed by atoms with Crippen LogP contribution >= 0.6 is 0 Å². The maximum absolute atomic E-state index is 13.0. The van der Waals surface area contributed by atoms with Crippen LogP contribution in [0.2, 0.25) is 0 Å². The molecule has 8 heteroatoms. The van der Waals surface area contributed by atoms with E-state index in [-0.39, 0.29) is 12.2 Å². The molecule has 122 valence electrons. The van der Waals surface area contributed by atoms with Gasteiger partial charge in [0.25, 0.3) is 5.56 Å². The molecule has 0 fully saturated rings. The van der Waals surface area contributed by atoms with Crippen molar-refractivity contribution in [2.75, 3.05) is 20.6 Å². The predicted octanol–water partition coefficient (Wildman–Crippen LogP) is 0.398. The average Bonchev–Trinajstić information content (AvgIpc) is 2.48. The molecule has 2 aromatic rings. The molecular weight excluding hydrogens is 305 g/mol. The Kier molecular flexibility index (Phi) is 4.75. The zero-order chi connectivity index (χ0) is 17.1. The van der Waals surface area contributed by atoms with Crippen molar-refractivity contribution in [3.63, 3.8) is 0 Å². The highest BCUT2D eigenvalue weighted by Gasteiger charge is 2.17. The summed E-state index contributed by atoms with van der Waals surface area (Å²) in [6.07, 6.45) is 1.04. The number of halogens is 1. The second kappa shape index (κ2) is 6.57. The van der Waals surface area contributed by atoms with Gasteiger partial charge in [-0.1, -0.05) is 0 Å². The molecule has 0 amide bonds. The van der Waals surface area contributed by atoms with Gasteiger partial charge in [0.2, 0.25) is 0 Å². The molecule has 0 saturated carbocycles. The fourth-order valence-corrected chi connectivity index (χ4v) is 2.03. The molecular formula is C15H16FN3O4. The Hall–Kier alpha value is -2.74. The van der Waals surface area contributed by atoms with Gasteiger partial charge in [0.15, 0.2) is 0 Å². The topological polar surface area (TPSA) is 84.5 Å². The first kappa shape index (κ1) is 16.6. The highest BCUT2D eigenvalue weighted by atomic mass is 19.1. The lowest BCUT2D eigenvalue weighted by Gasteiger charge is -2.14. The van der Waals surface area contributed by atoms with Crippen molar-refractivity contribution >= 4 is 5.97 Å². The number of benzene rings is 1. The van der Waals surface area contributed by atoms with Gasteiger partial charge in [-0.15, -0.1) is 0 Å². The molecule has 0 aliphatic rings. The first-order valence-electron chi connectivity index (χ1n) is 6.81. The highest BCUT2D eigenvalue weighted by molar-refractivity contribution is 5.86. The Labute approximate surface area is 130 Å². The summed E-state index contributed by atoms with van der Waals surface area (Å²) in [4.78, 5) is 37.8. The van der Waals surface area contributed by atoms with Crippen LogP contribution in [0.3, 0.4) is 0 Å². The first-order valence-corrected chi connectivity index (χ1v) is 6.81. The average molecular weight is 321 g/mol. The van der Waals surface area contributed by atoms with E-state index >= 15 is 0 Å². The van der Waals surface area contributed by atoms with Gasteiger partial charge in [-0.2, -0.15) is 0 Å². The van der Waals surface area contributed by atoms with Crippen molar-refractivity contribution in [1.82, 2.24) is 14.0 Å². The molecule has 1 heterocycles. The van der Waals surface area contributed by atoms with Crippen LogP contribution < -0.4 is 11.2 Å². The summed E-state index contributed by atoms with van der Waals surface area (Å²) in [5, 5.41) is 9.17. The van der Waals surface area contributed by atoms with Crippen LogP contribution in [0.25, 0.3) is 5.69 Å². The number of hydrogen-bond donors (Lipinski definition) is 1. The second-order valence-corrected chi connectivity index (χ2v) is 5.24. The summed E-state index contributed by atoms with van der Waals surface area (Å²) in [6.45, 7) is 0.703. The number of carbonyl (C=O) groups is 1. The number of carboxylic acids is 1. The molecule has 1 aromatic heterocycles. The zero-order valence-electron chi connectivity index (χ0n) is 12.7. The SMILES string of the molecule is CN(C)CCn1cc(C(=O)O)c(=O)n(-c2ccc(F)cc2)c1=O. The van der Waals surface area contributed by atoms with E-state index in [4.69, 9.17) is 0 Å². The summed E-state index contributed by atoms with van der Waals surface area (Å²) in [7, 11) is 3.61. The van der Waals surface area contributed by atoms with Crippen LogP contribution in [0.15, 0.2) is 40.1 Å². The normalized spacial score (nSPS) is 11.0. The molecule has 0 bridgehead atoms. The fourth-order valence-electron chi connectivity index (χ4n) is 2.03. The standard InChI is InChI=1S/C15H16FN3O4/c1-17(2)7-8-18-9-12(14(21)22)13(20)19(15(18)23)11-5-3-10(16)4-6-11/h3-6,9H,7-8H2,1-2H3,(H,21,22). The lowest BCUT2D eigenvalue weighted by atomic mass is 10.3. The number of hydrogen-bond acceptors (Lipinski definition) is 4.